The molecule has 128 valence electrons. The first-order valence-electron chi connectivity index (χ1n) is 7.29. The highest BCUT2D eigenvalue weighted by atomic mass is 35.5. The van der Waals surface area contributed by atoms with Gasteiger partial charge < -0.3 is 5.32 Å². The number of carbonyl (C=O) groups is 3. The molecular formula is C17H13ClN2O3S2. The Kier molecular flexibility index (Phi) is 5.27. The molecule has 0 unspecified atom stereocenters. The second kappa shape index (κ2) is 7.43. The van der Waals surface area contributed by atoms with Crippen LogP contribution in [-0.2, 0) is 9.59 Å². The Hall–Kier alpha value is -2.09. The molecule has 0 atom stereocenters. The number of nitrogens with zero attached hydrogens (tertiary/aromatic N) is 1. The summed E-state index contributed by atoms with van der Waals surface area (Å²) in [6, 6.07) is 8.78. The van der Waals surface area contributed by atoms with Crippen molar-refractivity contribution in [3.05, 3.63) is 56.1 Å². The topological polar surface area (TPSA) is 66.5 Å². The van der Waals surface area contributed by atoms with E-state index in [1.54, 1.807) is 24.3 Å². The number of carbonyl (C=O) groups excluding carboxylic acids is 3. The van der Waals surface area contributed by atoms with E-state index in [-0.39, 0.29) is 6.54 Å². The van der Waals surface area contributed by atoms with Gasteiger partial charge in [0.25, 0.3) is 11.1 Å². The Morgan fingerprint density at radius 3 is 2.80 bits per heavy atom. The number of rotatable bonds is 4. The fraction of sp³-hybridized carbons (Fsp3) is 0.118. The van der Waals surface area contributed by atoms with Crippen LogP contribution in [0.1, 0.15) is 10.4 Å². The van der Waals surface area contributed by atoms with Crippen molar-refractivity contribution in [1.82, 2.24) is 4.90 Å². The average molecular weight is 393 g/mol. The van der Waals surface area contributed by atoms with Crippen LogP contribution in [0.25, 0.3) is 6.08 Å². The fourth-order valence-electron chi connectivity index (χ4n) is 2.24. The minimum atomic E-state index is -0.452. The average Bonchev–Trinajstić information content (AvgIpc) is 3.15. The number of halogens is 1. The maximum atomic E-state index is 12.4. The second-order valence-corrected chi connectivity index (χ2v) is 7.70. The molecule has 0 aliphatic carbocycles. The number of hydrogen-bond donors (Lipinski definition) is 1. The van der Waals surface area contributed by atoms with Crippen LogP contribution in [0.15, 0.2) is 40.6 Å². The molecule has 25 heavy (non-hydrogen) atoms. The van der Waals surface area contributed by atoms with E-state index < -0.39 is 17.1 Å². The molecular weight excluding hydrogens is 380 g/mol. The van der Waals surface area contributed by atoms with Gasteiger partial charge in [0, 0.05) is 15.6 Å². The smallest absolute Gasteiger partial charge is 0.294 e. The van der Waals surface area contributed by atoms with E-state index in [0.717, 1.165) is 27.1 Å². The van der Waals surface area contributed by atoms with Gasteiger partial charge in [0.05, 0.1) is 4.91 Å². The SMILES string of the molecule is Cc1cc(Cl)ccc1NC(=O)CN1C(=O)SC(=Cc2cccs2)C1=O. The molecule has 1 aromatic heterocycles. The van der Waals surface area contributed by atoms with Crippen molar-refractivity contribution in [2.24, 2.45) is 0 Å². The second-order valence-electron chi connectivity index (χ2n) is 5.29. The highest BCUT2D eigenvalue weighted by molar-refractivity contribution is 8.18. The monoisotopic (exact) mass is 392 g/mol. The van der Waals surface area contributed by atoms with Crippen molar-refractivity contribution in [3.8, 4) is 0 Å². The maximum Gasteiger partial charge on any atom is 0.294 e. The largest absolute Gasteiger partial charge is 0.324 e. The zero-order chi connectivity index (χ0) is 18.0. The number of benzene rings is 1. The third kappa shape index (κ3) is 4.12. The molecule has 1 aromatic carbocycles. The molecule has 0 saturated carbocycles. The lowest BCUT2D eigenvalue weighted by Gasteiger charge is -2.13. The molecule has 1 fully saturated rings. The van der Waals surface area contributed by atoms with Gasteiger partial charge in [0.1, 0.15) is 6.54 Å². The summed E-state index contributed by atoms with van der Waals surface area (Å²) in [5.74, 6) is -0.892. The van der Waals surface area contributed by atoms with Crippen molar-refractivity contribution in [2.75, 3.05) is 11.9 Å². The number of anilines is 1. The van der Waals surface area contributed by atoms with Gasteiger partial charge in [-0.1, -0.05) is 17.7 Å². The van der Waals surface area contributed by atoms with Crippen LogP contribution < -0.4 is 5.32 Å². The number of nitrogens with one attached hydrogen (secondary N) is 1. The van der Waals surface area contributed by atoms with Crippen molar-refractivity contribution in [2.45, 2.75) is 6.92 Å². The Labute approximate surface area is 157 Å². The molecule has 1 aliphatic heterocycles. The molecule has 0 bridgehead atoms. The van der Waals surface area contributed by atoms with Crippen LogP contribution in [0.5, 0.6) is 0 Å². The molecule has 3 amide bonds. The summed E-state index contributed by atoms with van der Waals surface area (Å²) in [6.07, 6.45) is 1.66. The summed E-state index contributed by atoms with van der Waals surface area (Å²) in [4.78, 5) is 38.8. The number of amides is 3. The van der Waals surface area contributed by atoms with Crippen LogP contribution in [0, 0.1) is 6.92 Å². The molecule has 2 heterocycles. The standard InChI is InChI=1S/C17H13ClN2O3S2/c1-10-7-11(18)4-5-13(10)19-15(21)9-20-16(22)14(25-17(20)23)8-12-3-2-6-24-12/h2-8H,9H2,1H3,(H,19,21). The molecule has 0 spiro atoms. The van der Waals surface area contributed by atoms with Crippen molar-refractivity contribution in [3.63, 3.8) is 0 Å². The first-order valence-corrected chi connectivity index (χ1v) is 9.36. The molecule has 1 aliphatic rings. The Balaban J connectivity index is 1.69. The summed E-state index contributed by atoms with van der Waals surface area (Å²) < 4.78 is 0. The molecule has 5 nitrogen and oxygen atoms in total. The van der Waals surface area contributed by atoms with Crippen molar-refractivity contribution < 1.29 is 14.4 Å². The lowest BCUT2D eigenvalue weighted by Crippen LogP contribution is -2.36. The molecule has 3 rings (SSSR count). The molecule has 2 aromatic rings. The van der Waals surface area contributed by atoms with Gasteiger partial charge in [0.15, 0.2) is 0 Å². The maximum absolute atomic E-state index is 12.4. The Bertz CT molecular complexity index is 878. The van der Waals surface area contributed by atoms with Crippen LogP contribution in [0.2, 0.25) is 5.02 Å². The van der Waals surface area contributed by atoms with Gasteiger partial charge in [-0.05, 0) is 60.0 Å². The quantitative estimate of drug-likeness (QED) is 0.784. The predicted molar refractivity (Wildman–Crippen MR) is 102 cm³/mol. The predicted octanol–water partition coefficient (Wildman–Crippen LogP) is 4.38. The minimum Gasteiger partial charge on any atom is -0.324 e. The molecule has 0 radical (unpaired) electrons. The highest BCUT2D eigenvalue weighted by Crippen LogP contribution is 2.32. The molecule has 8 heteroatoms. The first kappa shape index (κ1) is 17.7. The summed E-state index contributed by atoms with van der Waals surface area (Å²) in [6.45, 7) is 1.49. The fourth-order valence-corrected chi connectivity index (χ4v) is 4.03. The minimum absolute atomic E-state index is 0.322. The third-order valence-corrected chi connectivity index (χ3v) is 5.42. The lowest BCUT2D eigenvalue weighted by atomic mass is 10.2. The van der Waals surface area contributed by atoms with Gasteiger partial charge in [-0.15, -0.1) is 11.3 Å². The molecule has 1 saturated heterocycles. The van der Waals surface area contributed by atoms with Crippen molar-refractivity contribution >= 4 is 63.5 Å². The summed E-state index contributed by atoms with van der Waals surface area (Å²) in [5.41, 5.74) is 1.39. The number of thiophene rings is 1. The van der Waals surface area contributed by atoms with Crippen molar-refractivity contribution in [1.29, 1.82) is 0 Å². The number of imide groups is 1. The summed E-state index contributed by atoms with van der Waals surface area (Å²) >= 11 is 8.20. The zero-order valence-electron chi connectivity index (χ0n) is 13.1. The van der Waals surface area contributed by atoms with E-state index >= 15 is 0 Å². The Morgan fingerprint density at radius 1 is 1.32 bits per heavy atom. The van der Waals surface area contributed by atoms with E-state index in [4.69, 9.17) is 11.6 Å². The zero-order valence-corrected chi connectivity index (χ0v) is 15.5. The first-order chi connectivity index (χ1) is 11.9. The lowest BCUT2D eigenvalue weighted by molar-refractivity contribution is -0.127. The van der Waals surface area contributed by atoms with E-state index in [1.165, 1.54) is 11.3 Å². The summed E-state index contributed by atoms with van der Waals surface area (Å²) in [7, 11) is 0. The van der Waals surface area contributed by atoms with Gasteiger partial charge in [0.2, 0.25) is 5.91 Å². The van der Waals surface area contributed by atoms with E-state index in [2.05, 4.69) is 5.32 Å². The van der Waals surface area contributed by atoms with Gasteiger partial charge in [-0.25, -0.2) is 0 Å². The number of hydrogen-bond acceptors (Lipinski definition) is 5. The van der Waals surface area contributed by atoms with E-state index in [1.807, 2.05) is 24.4 Å². The Morgan fingerprint density at radius 2 is 2.12 bits per heavy atom. The normalized spacial score (nSPS) is 15.9. The van der Waals surface area contributed by atoms with Gasteiger partial charge in [-0.2, -0.15) is 0 Å². The van der Waals surface area contributed by atoms with E-state index in [0.29, 0.717) is 15.6 Å². The highest BCUT2D eigenvalue weighted by Gasteiger charge is 2.36. The van der Waals surface area contributed by atoms with Crippen LogP contribution in [0.3, 0.4) is 0 Å². The van der Waals surface area contributed by atoms with Crippen LogP contribution in [-0.4, -0.2) is 28.5 Å². The van der Waals surface area contributed by atoms with Gasteiger partial charge >= 0.3 is 0 Å². The van der Waals surface area contributed by atoms with E-state index in [9.17, 15) is 14.4 Å². The summed E-state index contributed by atoms with van der Waals surface area (Å²) in [5, 5.41) is 4.70. The van der Waals surface area contributed by atoms with Crippen LogP contribution >= 0.6 is 34.7 Å². The number of thioether (sulfide) groups is 1. The third-order valence-electron chi connectivity index (χ3n) is 3.45. The van der Waals surface area contributed by atoms with Crippen LogP contribution in [0.4, 0.5) is 10.5 Å². The molecule has 1 N–H and O–H groups in total. The van der Waals surface area contributed by atoms with Gasteiger partial charge in [-0.3, -0.25) is 19.3 Å². The number of aryl methyl sites for hydroxylation is 1.